The molecule has 0 unspecified atom stereocenters. The van der Waals surface area contributed by atoms with Gasteiger partial charge in [-0.2, -0.15) is 4.98 Å². The average Bonchev–Trinajstić information content (AvgIpc) is 3.24. The van der Waals surface area contributed by atoms with Gasteiger partial charge in [-0.15, -0.1) is 0 Å². The highest BCUT2D eigenvalue weighted by Crippen LogP contribution is 2.40. The smallest absolute Gasteiger partial charge is 0.234 e. The first-order chi connectivity index (χ1) is 12.0. The molecule has 2 aromatic heterocycles. The van der Waals surface area contributed by atoms with Crippen molar-refractivity contribution in [1.29, 1.82) is 0 Å². The Morgan fingerprint density at radius 2 is 2.08 bits per heavy atom. The number of aromatic nitrogens is 3. The van der Waals surface area contributed by atoms with E-state index in [4.69, 9.17) is 9.05 Å². The molecule has 1 amide bonds. The summed E-state index contributed by atoms with van der Waals surface area (Å²) in [6, 6.07) is 0. The van der Waals surface area contributed by atoms with Gasteiger partial charge in [0.25, 0.3) is 0 Å². The summed E-state index contributed by atoms with van der Waals surface area (Å²) in [5.41, 5.74) is 1.41. The summed E-state index contributed by atoms with van der Waals surface area (Å²) in [5.74, 6) is 2.79. The van der Waals surface area contributed by atoms with Crippen molar-refractivity contribution in [2.24, 2.45) is 0 Å². The van der Waals surface area contributed by atoms with E-state index in [1.807, 2.05) is 18.7 Å². The minimum Gasteiger partial charge on any atom is -0.361 e. The second-order valence-corrected chi connectivity index (χ2v) is 7.69. The molecule has 2 fully saturated rings. The maximum atomic E-state index is 12.8. The van der Waals surface area contributed by atoms with Gasteiger partial charge < -0.3 is 13.9 Å². The lowest BCUT2D eigenvalue weighted by molar-refractivity contribution is -0.132. The number of piperidine rings is 1. The van der Waals surface area contributed by atoms with E-state index in [0.29, 0.717) is 24.8 Å². The van der Waals surface area contributed by atoms with E-state index in [2.05, 4.69) is 22.2 Å². The van der Waals surface area contributed by atoms with Gasteiger partial charge in [0.05, 0.1) is 17.5 Å². The van der Waals surface area contributed by atoms with E-state index in [0.717, 1.165) is 55.1 Å². The fourth-order valence-electron chi connectivity index (χ4n) is 3.63. The number of hydrogen-bond acceptors (Lipinski definition) is 6. The minimum absolute atomic E-state index is 0.0993. The molecule has 1 saturated carbocycles. The molecule has 0 aromatic carbocycles. The zero-order chi connectivity index (χ0) is 17.6. The number of rotatable bonds is 4. The van der Waals surface area contributed by atoms with E-state index in [-0.39, 0.29) is 11.3 Å². The lowest BCUT2D eigenvalue weighted by atomic mass is 9.81. The van der Waals surface area contributed by atoms with E-state index < -0.39 is 0 Å². The highest BCUT2D eigenvalue weighted by molar-refractivity contribution is 5.79. The molecule has 4 rings (SSSR count). The first kappa shape index (κ1) is 16.3. The Morgan fingerprint density at radius 1 is 1.28 bits per heavy atom. The Morgan fingerprint density at radius 3 is 2.76 bits per heavy atom. The van der Waals surface area contributed by atoms with Crippen LogP contribution in [0.5, 0.6) is 0 Å². The zero-order valence-corrected chi connectivity index (χ0v) is 15.0. The fraction of sp³-hybridized carbons (Fsp3) is 0.667. The molecule has 1 saturated heterocycles. The molecule has 1 aliphatic carbocycles. The van der Waals surface area contributed by atoms with Crippen LogP contribution in [0.3, 0.4) is 0 Å². The molecule has 7 nitrogen and oxygen atoms in total. The summed E-state index contributed by atoms with van der Waals surface area (Å²) in [6.45, 7) is 7.22. The predicted molar refractivity (Wildman–Crippen MR) is 89.1 cm³/mol. The summed E-state index contributed by atoms with van der Waals surface area (Å²) < 4.78 is 10.7. The molecule has 0 N–H and O–H groups in total. The average molecular weight is 344 g/mol. The third-order valence-corrected chi connectivity index (χ3v) is 5.46. The fourth-order valence-corrected chi connectivity index (χ4v) is 3.63. The normalized spacial score (nSPS) is 23.9. The molecular formula is C18H24N4O3. The largest absolute Gasteiger partial charge is 0.361 e. The van der Waals surface area contributed by atoms with E-state index in [1.54, 1.807) is 0 Å². The van der Waals surface area contributed by atoms with Gasteiger partial charge in [0.15, 0.2) is 5.82 Å². The molecule has 25 heavy (non-hydrogen) atoms. The van der Waals surface area contributed by atoms with Gasteiger partial charge >= 0.3 is 0 Å². The number of carbonyl (C=O) groups is 1. The molecular weight excluding hydrogens is 320 g/mol. The lowest BCUT2D eigenvalue weighted by Gasteiger charge is -2.38. The topological polar surface area (TPSA) is 85.3 Å². The number of aryl methyl sites for hydroxylation is 2. The second kappa shape index (κ2) is 5.97. The van der Waals surface area contributed by atoms with Crippen LogP contribution in [0.25, 0.3) is 0 Å². The minimum atomic E-state index is -0.271. The van der Waals surface area contributed by atoms with Gasteiger partial charge in [0.1, 0.15) is 5.76 Å². The van der Waals surface area contributed by atoms with Crippen LogP contribution in [0.1, 0.15) is 67.3 Å². The molecule has 2 aromatic rings. The summed E-state index contributed by atoms with van der Waals surface area (Å²) in [7, 11) is 0. The van der Waals surface area contributed by atoms with Crippen molar-refractivity contribution < 1.29 is 13.8 Å². The van der Waals surface area contributed by atoms with Crippen molar-refractivity contribution in [2.75, 3.05) is 13.1 Å². The van der Waals surface area contributed by atoms with Crippen LogP contribution in [-0.4, -0.2) is 39.2 Å². The third kappa shape index (κ3) is 3.07. The van der Waals surface area contributed by atoms with Crippen LogP contribution in [0.2, 0.25) is 0 Å². The molecule has 134 valence electrons. The Kier molecular flexibility index (Phi) is 3.89. The zero-order valence-electron chi connectivity index (χ0n) is 15.0. The number of amides is 1. The van der Waals surface area contributed by atoms with Gasteiger partial charge in [-0.1, -0.05) is 10.3 Å². The first-order valence-electron chi connectivity index (χ1n) is 9.00. The maximum Gasteiger partial charge on any atom is 0.234 e. The molecule has 7 heteroatoms. The van der Waals surface area contributed by atoms with Crippen molar-refractivity contribution >= 4 is 5.91 Å². The van der Waals surface area contributed by atoms with Crippen molar-refractivity contribution in [3.8, 4) is 0 Å². The summed E-state index contributed by atoms with van der Waals surface area (Å²) >= 11 is 0. The highest BCUT2D eigenvalue weighted by atomic mass is 16.5. The van der Waals surface area contributed by atoms with E-state index >= 15 is 0 Å². The number of carbonyl (C=O) groups excluding carboxylic acids is 1. The van der Waals surface area contributed by atoms with E-state index in [1.165, 1.54) is 0 Å². The lowest BCUT2D eigenvalue weighted by Crippen LogP contribution is -2.47. The summed E-state index contributed by atoms with van der Waals surface area (Å²) in [4.78, 5) is 19.3. The summed E-state index contributed by atoms with van der Waals surface area (Å²) in [6.07, 6.45) is 4.52. The van der Waals surface area contributed by atoms with Crippen LogP contribution in [0.15, 0.2) is 9.05 Å². The Hall–Kier alpha value is -2.18. The molecule has 2 aliphatic rings. The third-order valence-electron chi connectivity index (χ3n) is 5.46. The van der Waals surface area contributed by atoms with Crippen LogP contribution >= 0.6 is 0 Å². The Bertz CT molecular complexity index is 773. The molecule has 0 spiro atoms. The first-order valence-corrected chi connectivity index (χ1v) is 9.00. The number of likely N-dealkylation sites (tertiary alicyclic amines) is 1. The standard InChI is InChI=1S/C18H24N4O3/c1-11-14(12(2)24-20-11)9-15(23)22-8-4-7-18(3,10-22)17-19-16(21-25-17)13-5-6-13/h13H,4-10H2,1-3H3/t18-/m0/s1. The quantitative estimate of drug-likeness (QED) is 0.848. The second-order valence-electron chi connectivity index (χ2n) is 7.69. The van der Waals surface area contributed by atoms with Gasteiger partial charge in [-0.25, -0.2) is 0 Å². The van der Waals surface area contributed by atoms with Crippen LogP contribution in [0, 0.1) is 13.8 Å². The van der Waals surface area contributed by atoms with Crippen LogP contribution in [0.4, 0.5) is 0 Å². The molecule has 0 bridgehead atoms. The van der Waals surface area contributed by atoms with Gasteiger partial charge in [0, 0.05) is 24.6 Å². The van der Waals surface area contributed by atoms with Crippen molar-refractivity contribution in [3.05, 3.63) is 28.7 Å². The molecule has 0 radical (unpaired) electrons. The molecule has 1 atom stereocenters. The maximum absolute atomic E-state index is 12.8. The van der Waals surface area contributed by atoms with Gasteiger partial charge in [-0.3, -0.25) is 4.79 Å². The van der Waals surface area contributed by atoms with Gasteiger partial charge in [-0.05, 0) is 46.5 Å². The Labute approximate surface area is 146 Å². The molecule has 3 heterocycles. The van der Waals surface area contributed by atoms with Crippen molar-refractivity contribution in [1.82, 2.24) is 20.2 Å². The molecule has 1 aliphatic heterocycles. The van der Waals surface area contributed by atoms with Crippen LogP contribution < -0.4 is 0 Å². The Balaban J connectivity index is 1.48. The van der Waals surface area contributed by atoms with E-state index in [9.17, 15) is 4.79 Å². The van der Waals surface area contributed by atoms with Crippen molar-refractivity contribution in [2.45, 2.75) is 64.2 Å². The predicted octanol–water partition coefficient (Wildman–Crippen LogP) is 2.67. The monoisotopic (exact) mass is 344 g/mol. The van der Waals surface area contributed by atoms with Gasteiger partial charge in [0.2, 0.25) is 11.8 Å². The number of nitrogens with zero attached hydrogens (tertiary/aromatic N) is 4. The summed E-state index contributed by atoms with van der Waals surface area (Å²) in [5, 5.41) is 8.08. The highest BCUT2D eigenvalue weighted by Gasteiger charge is 2.40. The SMILES string of the molecule is Cc1noc(C)c1CC(=O)N1CCC[C@](C)(c2nc(C3CC3)no2)C1. The van der Waals surface area contributed by atoms with Crippen LogP contribution in [-0.2, 0) is 16.6 Å². The number of hydrogen-bond donors (Lipinski definition) is 0. The van der Waals surface area contributed by atoms with Crippen molar-refractivity contribution in [3.63, 3.8) is 0 Å².